The molecule has 5 heteroatoms. The van der Waals surface area contributed by atoms with Crippen molar-refractivity contribution in [2.24, 2.45) is 5.41 Å². The summed E-state index contributed by atoms with van der Waals surface area (Å²) in [5.74, 6) is 0.665. The van der Waals surface area contributed by atoms with Crippen molar-refractivity contribution in [3.8, 4) is 5.75 Å². The van der Waals surface area contributed by atoms with Crippen molar-refractivity contribution in [2.45, 2.75) is 26.4 Å². The van der Waals surface area contributed by atoms with E-state index in [9.17, 15) is 9.90 Å². The van der Waals surface area contributed by atoms with Gasteiger partial charge in [0.05, 0.1) is 6.10 Å². The lowest BCUT2D eigenvalue weighted by Gasteiger charge is -2.40. The number of hydrogen-bond donors (Lipinski definition) is 1. The Labute approximate surface area is 111 Å². The van der Waals surface area contributed by atoms with Gasteiger partial charge >= 0.3 is 0 Å². The number of ether oxygens (including phenoxy) is 1. The summed E-state index contributed by atoms with van der Waals surface area (Å²) < 4.78 is 5.40. The van der Waals surface area contributed by atoms with Gasteiger partial charge in [0.15, 0.2) is 6.61 Å². The second-order valence-electron chi connectivity index (χ2n) is 5.54. The first kappa shape index (κ1) is 13.4. The monoisotopic (exact) mass is 269 g/mol. The number of nitrogens with zero attached hydrogens (tertiary/aromatic N) is 1. The predicted octanol–water partition coefficient (Wildman–Crippen LogP) is 1.75. The Kier molecular flexibility index (Phi) is 3.92. The molecule has 2 heterocycles. The van der Waals surface area contributed by atoms with Crippen LogP contribution in [0.5, 0.6) is 5.75 Å². The summed E-state index contributed by atoms with van der Waals surface area (Å²) in [6.45, 7) is 5.26. The fourth-order valence-corrected chi connectivity index (χ4v) is 2.94. The van der Waals surface area contributed by atoms with Crippen LogP contribution in [0, 0.1) is 5.41 Å². The predicted molar refractivity (Wildman–Crippen MR) is 70.8 cm³/mol. The van der Waals surface area contributed by atoms with Gasteiger partial charge in [-0.25, -0.2) is 0 Å². The van der Waals surface area contributed by atoms with Crippen LogP contribution in [0.2, 0.25) is 0 Å². The van der Waals surface area contributed by atoms with E-state index in [0.29, 0.717) is 13.1 Å². The number of amides is 1. The summed E-state index contributed by atoms with van der Waals surface area (Å²) in [5.41, 5.74) is -0.0320. The molecule has 1 aliphatic rings. The first-order valence-electron chi connectivity index (χ1n) is 6.07. The highest BCUT2D eigenvalue weighted by Gasteiger charge is 2.33. The molecular formula is C13H19NO3S. The molecule has 1 aliphatic heterocycles. The molecule has 1 amide bonds. The zero-order valence-electron chi connectivity index (χ0n) is 10.8. The van der Waals surface area contributed by atoms with E-state index in [0.717, 1.165) is 12.2 Å². The van der Waals surface area contributed by atoms with Crippen LogP contribution in [0.3, 0.4) is 0 Å². The number of β-amino-alcohol motifs (C(OH)–C–C–N with tert-alkyl or cyclic N) is 1. The van der Waals surface area contributed by atoms with Crippen molar-refractivity contribution in [3.05, 3.63) is 16.8 Å². The molecule has 18 heavy (non-hydrogen) atoms. The van der Waals surface area contributed by atoms with E-state index >= 15 is 0 Å². The summed E-state index contributed by atoms with van der Waals surface area (Å²) in [6, 6.07) is 1.84. The summed E-state index contributed by atoms with van der Waals surface area (Å²) in [4.78, 5) is 13.7. The van der Waals surface area contributed by atoms with Gasteiger partial charge in [-0.15, -0.1) is 11.3 Å². The third-order valence-corrected chi connectivity index (χ3v) is 3.71. The quantitative estimate of drug-likeness (QED) is 0.909. The Hall–Kier alpha value is -1.07. The molecule has 1 saturated heterocycles. The van der Waals surface area contributed by atoms with Crippen LogP contribution in [-0.2, 0) is 4.79 Å². The maximum absolute atomic E-state index is 12.0. The summed E-state index contributed by atoms with van der Waals surface area (Å²) in [5, 5.41) is 13.6. The second-order valence-corrected chi connectivity index (χ2v) is 6.32. The summed E-state index contributed by atoms with van der Waals surface area (Å²) in [7, 11) is 0. The van der Waals surface area contributed by atoms with Gasteiger partial charge in [0.1, 0.15) is 5.75 Å². The van der Waals surface area contributed by atoms with E-state index in [-0.39, 0.29) is 17.9 Å². The topological polar surface area (TPSA) is 49.8 Å². The van der Waals surface area contributed by atoms with Gasteiger partial charge in [-0.3, -0.25) is 4.79 Å². The van der Waals surface area contributed by atoms with Gasteiger partial charge in [0.2, 0.25) is 0 Å². The molecule has 1 aromatic rings. The van der Waals surface area contributed by atoms with Crippen molar-refractivity contribution >= 4 is 17.2 Å². The number of rotatable bonds is 3. The minimum atomic E-state index is -0.432. The van der Waals surface area contributed by atoms with Gasteiger partial charge < -0.3 is 14.7 Å². The van der Waals surface area contributed by atoms with Gasteiger partial charge in [-0.2, -0.15) is 0 Å². The van der Waals surface area contributed by atoms with Crippen molar-refractivity contribution < 1.29 is 14.6 Å². The number of carbonyl (C=O) groups excluding carboxylic acids is 1. The highest BCUT2D eigenvalue weighted by Crippen LogP contribution is 2.28. The van der Waals surface area contributed by atoms with Crippen molar-refractivity contribution in [3.63, 3.8) is 0 Å². The molecule has 1 N–H and O–H groups in total. The van der Waals surface area contributed by atoms with Crippen LogP contribution in [0.25, 0.3) is 0 Å². The average Bonchev–Trinajstić information content (AvgIpc) is 2.75. The number of aliphatic hydroxyl groups excluding tert-OH is 1. The summed E-state index contributed by atoms with van der Waals surface area (Å²) in [6.07, 6.45) is 0.307. The van der Waals surface area contributed by atoms with Crippen molar-refractivity contribution in [2.75, 3.05) is 19.7 Å². The van der Waals surface area contributed by atoms with Gasteiger partial charge in [-0.05, 0) is 23.3 Å². The lowest BCUT2D eigenvalue weighted by Crippen LogP contribution is -2.50. The van der Waals surface area contributed by atoms with Gasteiger partial charge in [0.25, 0.3) is 5.91 Å². The molecule has 100 valence electrons. The van der Waals surface area contributed by atoms with Crippen LogP contribution in [-0.4, -0.2) is 41.7 Å². The van der Waals surface area contributed by atoms with Gasteiger partial charge in [-0.1, -0.05) is 13.8 Å². The minimum absolute atomic E-state index is 0.0320. The smallest absolute Gasteiger partial charge is 0.260 e. The number of likely N-dealkylation sites (tertiary alicyclic amines) is 1. The SMILES string of the molecule is CC1(C)CC(O)CN(C(=O)COc2ccsc2)C1. The molecule has 1 unspecified atom stereocenters. The molecule has 0 radical (unpaired) electrons. The van der Waals surface area contributed by atoms with Crippen LogP contribution in [0.1, 0.15) is 20.3 Å². The molecule has 2 rings (SSSR count). The summed E-state index contributed by atoms with van der Waals surface area (Å²) >= 11 is 1.54. The molecule has 0 bridgehead atoms. The van der Waals surface area contributed by atoms with E-state index in [4.69, 9.17) is 4.74 Å². The third kappa shape index (κ3) is 3.46. The lowest BCUT2D eigenvalue weighted by molar-refractivity contribution is -0.139. The van der Waals surface area contributed by atoms with Crippen LogP contribution < -0.4 is 4.74 Å². The number of hydrogen-bond acceptors (Lipinski definition) is 4. The first-order valence-corrected chi connectivity index (χ1v) is 7.01. The molecule has 1 atom stereocenters. The Balaban J connectivity index is 1.88. The Morgan fingerprint density at radius 1 is 1.67 bits per heavy atom. The zero-order valence-corrected chi connectivity index (χ0v) is 11.6. The fraction of sp³-hybridized carbons (Fsp3) is 0.615. The molecule has 0 spiro atoms. The fourth-order valence-electron chi connectivity index (χ4n) is 2.36. The largest absolute Gasteiger partial charge is 0.483 e. The third-order valence-electron chi connectivity index (χ3n) is 3.05. The maximum atomic E-state index is 12.0. The van der Waals surface area contributed by atoms with E-state index in [2.05, 4.69) is 13.8 Å². The zero-order chi connectivity index (χ0) is 13.2. The standard InChI is InChI=1S/C13H19NO3S/c1-13(2)5-10(15)6-14(9-13)12(16)7-17-11-3-4-18-8-11/h3-4,8,10,15H,5-7,9H2,1-2H3. The molecule has 4 nitrogen and oxygen atoms in total. The van der Waals surface area contributed by atoms with Crippen LogP contribution in [0.4, 0.5) is 0 Å². The minimum Gasteiger partial charge on any atom is -0.483 e. The van der Waals surface area contributed by atoms with Crippen LogP contribution >= 0.6 is 11.3 Å². The van der Waals surface area contributed by atoms with E-state index in [1.165, 1.54) is 11.3 Å². The van der Waals surface area contributed by atoms with Crippen molar-refractivity contribution in [1.82, 2.24) is 4.90 Å². The number of aliphatic hydroxyl groups is 1. The van der Waals surface area contributed by atoms with E-state index in [1.54, 1.807) is 4.90 Å². The maximum Gasteiger partial charge on any atom is 0.260 e. The number of piperidine rings is 1. The molecular weight excluding hydrogens is 250 g/mol. The highest BCUT2D eigenvalue weighted by atomic mass is 32.1. The Morgan fingerprint density at radius 3 is 3.06 bits per heavy atom. The molecule has 1 aromatic heterocycles. The molecule has 1 fully saturated rings. The van der Waals surface area contributed by atoms with E-state index < -0.39 is 6.10 Å². The van der Waals surface area contributed by atoms with Crippen LogP contribution in [0.15, 0.2) is 16.8 Å². The second kappa shape index (κ2) is 5.28. The molecule has 0 aromatic carbocycles. The number of carbonyl (C=O) groups is 1. The lowest BCUT2D eigenvalue weighted by atomic mass is 9.83. The van der Waals surface area contributed by atoms with E-state index in [1.807, 2.05) is 16.8 Å². The highest BCUT2D eigenvalue weighted by molar-refractivity contribution is 7.08. The Bertz CT molecular complexity index is 402. The molecule has 0 saturated carbocycles. The van der Waals surface area contributed by atoms with Crippen molar-refractivity contribution in [1.29, 1.82) is 0 Å². The average molecular weight is 269 g/mol. The van der Waals surface area contributed by atoms with Gasteiger partial charge in [0, 0.05) is 18.5 Å². The Morgan fingerprint density at radius 2 is 2.44 bits per heavy atom. The molecule has 0 aliphatic carbocycles. The normalized spacial score (nSPS) is 22.8. The number of thiophene rings is 1. The first-order chi connectivity index (χ1) is 8.46.